The minimum atomic E-state index is 0. The molecular weight excluding hydrogens is 379 g/mol. The van der Waals surface area contributed by atoms with Gasteiger partial charge in [-0.05, 0) is 20.4 Å². The zero-order valence-electron chi connectivity index (χ0n) is 14.3. The van der Waals surface area contributed by atoms with Crippen molar-refractivity contribution >= 4 is 29.9 Å². The third kappa shape index (κ3) is 16.1. The fourth-order valence-corrected chi connectivity index (χ4v) is 1.80. The molecule has 0 heterocycles. The van der Waals surface area contributed by atoms with Crippen molar-refractivity contribution in [2.75, 3.05) is 53.5 Å². The number of methoxy groups -OCH3 is 1. The van der Waals surface area contributed by atoms with Crippen LogP contribution in [0.25, 0.3) is 0 Å². The molecule has 0 amide bonds. The monoisotopic (exact) mass is 414 g/mol. The van der Waals surface area contributed by atoms with Crippen molar-refractivity contribution in [3.05, 3.63) is 0 Å². The lowest BCUT2D eigenvalue weighted by Gasteiger charge is -2.17. The van der Waals surface area contributed by atoms with Crippen LogP contribution >= 0.6 is 24.0 Å². The molecule has 0 saturated carbocycles. The smallest absolute Gasteiger partial charge is 0.191 e. The molecule has 2 N–H and O–H groups in total. The maximum absolute atomic E-state index is 5.07. The summed E-state index contributed by atoms with van der Waals surface area (Å²) in [5, 5.41) is 6.66. The summed E-state index contributed by atoms with van der Waals surface area (Å²) in [6.07, 6.45) is 5.04. The van der Waals surface area contributed by atoms with Crippen LogP contribution in [0.1, 0.15) is 39.5 Å². The van der Waals surface area contributed by atoms with Crippen LogP contribution in [0.2, 0.25) is 0 Å². The molecule has 5 nitrogen and oxygen atoms in total. The molecule has 0 aromatic heterocycles. The van der Waals surface area contributed by atoms with Gasteiger partial charge in [-0.15, -0.1) is 24.0 Å². The van der Waals surface area contributed by atoms with Gasteiger partial charge in [0.2, 0.25) is 0 Å². The van der Waals surface area contributed by atoms with E-state index in [0.29, 0.717) is 0 Å². The van der Waals surface area contributed by atoms with Crippen molar-refractivity contribution in [3.63, 3.8) is 0 Å². The van der Waals surface area contributed by atoms with Crippen molar-refractivity contribution in [1.82, 2.24) is 15.5 Å². The number of nitrogens with one attached hydrogen (secondary N) is 2. The Balaban J connectivity index is 0. The van der Waals surface area contributed by atoms with Gasteiger partial charge < -0.3 is 20.3 Å². The summed E-state index contributed by atoms with van der Waals surface area (Å²) >= 11 is 0. The van der Waals surface area contributed by atoms with E-state index in [-0.39, 0.29) is 24.0 Å². The van der Waals surface area contributed by atoms with Crippen molar-refractivity contribution in [3.8, 4) is 0 Å². The highest BCUT2D eigenvalue weighted by molar-refractivity contribution is 14.0. The summed E-state index contributed by atoms with van der Waals surface area (Å²) in [6, 6.07) is 0. The number of unbranched alkanes of at least 4 members (excludes halogenated alkanes) is 3. The number of guanidine groups is 1. The van der Waals surface area contributed by atoms with E-state index in [1.54, 1.807) is 7.11 Å². The van der Waals surface area contributed by atoms with Gasteiger partial charge in [-0.1, -0.05) is 26.2 Å². The Morgan fingerprint density at radius 2 is 1.86 bits per heavy atom. The maximum atomic E-state index is 5.07. The number of halogens is 1. The molecule has 0 aromatic rings. The molecular formula is C15H35IN4O. The molecule has 0 aliphatic heterocycles. The van der Waals surface area contributed by atoms with E-state index in [1.807, 2.05) is 0 Å². The number of likely N-dealkylation sites (N-methyl/N-ethyl adjacent to an activating group) is 1. The van der Waals surface area contributed by atoms with E-state index in [1.165, 1.54) is 25.7 Å². The first-order chi connectivity index (χ1) is 9.74. The average Bonchev–Trinajstić information content (AvgIpc) is 2.44. The van der Waals surface area contributed by atoms with Gasteiger partial charge in [-0.3, -0.25) is 4.99 Å². The summed E-state index contributed by atoms with van der Waals surface area (Å²) in [7, 11) is 3.84. The summed E-state index contributed by atoms with van der Waals surface area (Å²) in [5.74, 6) is 0.934. The largest absolute Gasteiger partial charge is 0.383 e. The van der Waals surface area contributed by atoms with Gasteiger partial charge in [-0.2, -0.15) is 0 Å². The first-order valence-corrected chi connectivity index (χ1v) is 7.94. The molecule has 6 heteroatoms. The first kappa shape index (κ1) is 23.2. The van der Waals surface area contributed by atoms with Crippen LogP contribution in [-0.4, -0.2) is 64.3 Å². The standard InChI is InChI=1S/C15H34N4O.HI/c1-5-7-8-9-10-17-15(16-6-2)18-11-12-19(3)13-14-20-4;/h5-14H2,1-4H3,(H2,16,17,18);1H. The van der Waals surface area contributed by atoms with Gasteiger partial charge in [0.1, 0.15) is 0 Å². The van der Waals surface area contributed by atoms with E-state index in [0.717, 1.165) is 45.3 Å². The van der Waals surface area contributed by atoms with Crippen LogP contribution in [0.15, 0.2) is 4.99 Å². The Morgan fingerprint density at radius 3 is 2.48 bits per heavy atom. The summed E-state index contributed by atoms with van der Waals surface area (Å²) < 4.78 is 5.07. The lowest BCUT2D eigenvalue weighted by Crippen LogP contribution is -2.41. The minimum absolute atomic E-state index is 0. The van der Waals surface area contributed by atoms with Crippen LogP contribution in [0, 0.1) is 0 Å². The van der Waals surface area contributed by atoms with Crippen LogP contribution in [0.5, 0.6) is 0 Å². The molecule has 0 bridgehead atoms. The van der Waals surface area contributed by atoms with E-state index >= 15 is 0 Å². The third-order valence-electron chi connectivity index (χ3n) is 3.09. The predicted molar refractivity (Wildman–Crippen MR) is 103 cm³/mol. The highest BCUT2D eigenvalue weighted by Crippen LogP contribution is 1.98. The van der Waals surface area contributed by atoms with E-state index < -0.39 is 0 Å². The highest BCUT2D eigenvalue weighted by Gasteiger charge is 1.99. The molecule has 0 atom stereocenters. The molecule has 0 aliphatic carbocycles. The second-order valence-electron chi connectivity index (χ2n) is 5.04. The Hall–Kier alpha value is -0.0800. The van der Waals surface area contributed by atoms with Crippen LogP contribution in [0.4, 0.5) is 0 Å². The lowest BCUT2D eigenvalue weighted by atomic mass is 10.2. The molecule has 0 fully saturated rings. The molecule has 128 valence electrons. The number of ether oxygens (including phenoxy) is 1. The number of aliphatic imine (C=N–C) groups is 1. The van der Waals surface area contributed by atoms with Crippen molar-refractivity contribution in [2.45, 2.75) is 39.5 Å². The maximum Gasteiger partial charge on any atom is 0.191 e. The topological polar surface area (TPSA) is 48.9 Å². The van der Waals surface area contributed by atoms with Gasteiger partial charge >= 0.3 is 0 Å². The van der Waals surface area contributed by atoms with Crippen LogP contribution in [-0.2, 0) is 4.74 Å². The number of rotatable bonds is 12. The van der Waals surface area contributed by atoms with Crippen LogP contribution in [0.3, 0.4) is 0 Å². The fraction of sp³-hybridized carbons (Fsp3) is 0.933. The third-order valence-corrected chi connectivity index (χ3v) is 3.09. The molecule has 0 radical (unpaired) electrons. The molecule has 0 saturated heterocycles. The van der Waals surface area contributed by atoms with Crippen LogP contribution < -0.4 is 10.6 Å². The van der Waals surface area contributed by atoms with Crippen molar-refractivity contribution in [1.29, 1.82) is 0 Å². The zero-order chi connectivity index (χ0) is 15.1. The lowest BCUT2D eigenvalue weighted by molar-refractivity contribution is 0.162. The summed E-state index contributed by atoms with van der Waals surface area (Å²) in [5.41, 5.74) is 0. The molecule has 0 aromatic carbocycles. The van der Waals surface area contributed by atoms with Gasteiger partial charge in [0.25, 0.3) is 0 Å². The molecule has 21 heavy (non-hydrogen) atoms. The zero-order valence-corrected chi connectivity index (χ0v) is 16.6. The number of hydrogen-bond donors (Lipinski definition) is 2. The fourth-order valence-electron chi connectivity index (χ4n) is 1.80. The Kier molecular flexibility index (Phi) is 19.8. The van der Waals surface area contributed by atoms with Gasteiger partial charge in [0, 0.05) is 39.8 Å². The second-order valence-corrected chi connectivity index (χ2v) is 5.04. The van der Waals surface area contributed by atoms with Crippen molar-refractivity contribution in [2.24, 2.45) is 4.99 Å². The molecule has 0 unspecified atom stereocenters. The van der Waals surface area contributed by atoms with E-state index in [4.69, 9.17) is 4.74 Å². The first-order valence-electron chi connectivity index (χ1n) is 7.94. The normalized spacial score (nSPS) is 11.4. The Morgan fingerprint density at radius 1 is 1.10 bits per heavy atom. The average molecular weight is 414 g/mol. The summed E-state index contributed by atoms with van der Waals surface area (Å²) in [6.45, 7) is 9.78. The molecule has 0 spiro atoms. The number of nitrogens with zero attached hydrogens (tertiary/aromatic N) is 2. The highest BCUT2D eigenvalue weighted by atomic mass is 127. The second kappa shape index (κ2) is 18.0. The Bertz CT molecular complexity index is 240. The number of hydrogen-bond acceptors (Lipinski definition) is 3. The van der Waals surface area contributed by atoms with Gasteiger partial charge in [0.05, 0.1) is 6.61 Å². The Labute approximate surface area is 148 Å². The van der Waals surface area contributed by atoms with E-state index in [2.05, 4.69) is 41.4 Å². The summed E-state index contributed by atoms with van der Waals surface area (Å²) in [4.78, 5) is 6.85. The van der Waals surface area contributed by atoms with Crippen molar-refractivity contribution < 1.29 is 4.74 Å². The molecule has 0 aliphatic rings. The predicted octanol–water partition coefficient (Wildman–Crippen LogP) is 2.32. The van der Waals surface area contributed by atoms with Gasteiger partial charge in [0.15, 0.2) is 5.96 Å². The quantitative estimate of drug-likeness (QED) is 0.223. The minimum Gasteiger partial charge on any atom is -0.383 e. The van der Waals surface area contributed by atoms with Gasteiger partial charge in [-0.25, -0.2) is 0 Å². The van der Waals surface area contributed by atoms with E-state index in [9.17, 15) is 0 Å². The SMILES string of the molecule is CCCCCCN=C(NCC)NCCN(C)CCOC.I. The molecule has 0 rings (SSSR count).